The zero-order chi connectivity index (χ0) is 12.3. The Bertz CT molecular complexity index is 497. The van der Waals surface area contributed by atoms with Crippen LogP contribution < -0.4 is 0 Å². The molecule has 0 N–H and O–H groups in total. The molecule has 0 heterocycles. The van der Waals surface area contributed by atoms with Crippen LogP contribution in [0.1, 0.15) is 16.7 Å². The van der Waals surface area contributed by atoms with Gasteiger partial charge >= 0.3 is 0 Å². The molecule has 1 heteroatoms. The Hall–Kier alpha value is -1.60. The smallest absolute Gasteiger partial charge is 0.0719 e. The molecule has 0 spiro atoms. The Labute approximate surface area is 103 Å². The number of hydrogen-bond donors (Lipinski definition) is 0. The lowest BCUT2D eigenvalue weighted by Crippen LogP contribution is -1.94. The van der Waals surface area contributed by atoms with Gasteiger partial charge in [0.1, 0.15) is 0 Å². The number of hydrogen-bond acceptors (Lipinski definition) is 1. The molecule has 2 aromatic rings. The van der Waals surface area contributed by atoms with Crippen molar-refractivity contribution in [2.45, 2.75) is 20.5 Å². The van der Waals surface area contributed by atoms with Crippen LogP contribution >= 0.6 is 0 Å². The largest absolute Gasteiger partial charge is 0.380 e. The van der Waals surface area contributed by atoms with Gasteiger partial charge in [-0.15, -0.1) is 0 Å². The number of benzene rings is 2. The van der Waals surface area contributed by atoms with Crippen LogP contribution in [-0.2, 0) is 11.3 Å². The van der Waals surface area contributed by atoms with E-state index in [0.29, 0.717) is 6.61 Å². The van der Waals surface area contributed by atoms with Gasteiger partial charge in [-0.1, -0.05) is 48.0 Å². The molecule has 0 saturated heterocycles. The van der Waals surface area contributed by atoms with Crippen LogP contribution in [0.25, 0.3) is 11.1 Å². The van der Waals surface area contributed by atoms with Crippen LogP contribution in [-0.4, -0.2) is 7.11 Å². The molecule has 0 aromatic heterocycles. The van der Waals surface area contributed by atoms with Crippen molar-refractivity contribution in [2.24, 2.45) is 0 Å². The lowest BCUT2D eigenvalue weighted by molar-refractivity contribution is 0.185. The zero-order valence-electron chi connectivity index (χ0n) is 10.7. The highest BCUT2D eigenvalue weighted by Crippen LogP contribution is 2.28. The molecule has 0 aliphatic carbocycles. The summed E-state index contributed by atoms with van der Waals surface area (Å²) in [5.41, 5.74) is 6.39. The molecule has 0 bridgehead atoms. The van der Waals surface area contributed by atoms with Gasteiger partial charge in [0.15, 0.2) is 0 Å². The first-order valence-electron chi connectivity index (χ1n) is 5.87. The van der Waals surface area contributed by atoms with E-state index < -0.39 is 0 Å². The molecular weight excluding hydrogens is 208 g/mol. The van der Waals surface area contributed by atoms with Gasteiger partial charge in [0.2, 0.25) is 0 Å². The number of ether oxygens (including phenoxy) is 1. The summed E-state index contributed by atoms with van der Waals surface area (Å²) in [6.07, 6.45) is 0. The summed E-state index contributed by atoms with van der Waals surface area (Å²) in [5.74, 6) is 0. The maximum absolute atomic E-state index is 5.27. The standard InChI is InChI=1S/C16H18O/c1-12-7-9-14(10-8-12)16-13(2)5-4-6-15(16)11-17-3/h4-10H,11H2,1-3H3. The summed E-state index contributed by atoms with van der Waals surface area (Å²) in [4.78, 5) is 0. The van der Waals surface area contributed by atoms with Crippen molar-refractivity contribution in [3.63, 3.8) is 0 Å². The van der Waals surface area contributed by atoms with Crippen molar-refractivity contribution in [1.29, 1.82) is 0 Å². The lowest BCUT2D eigenvalue weighted by Gasteiger charge is -2.12. The fourth-order valence-corrected chi connectivity index (χ4v) is 2.14. The highest BCUT2D eigenvalue weighted by Gasteiger charge is 2.07. The molecule has 0 radical (unpaired) electrons. The van der Waals surface area contributed by atoms with Crippen molar-refractivity contribution in [3.8, 4) is 11.1 Å². The second-order valence-electron chi connectivity index (χ2n) is 4.41. The normalized spacial score (nSPS) is 10.5. The van der Waals surface area contributed by atoms with Crippen molar-refractivity contribution in [2.75, 3.05) is 7.11 Å². The van der Waals surface area contributed by atoms with Gasteiger partial charge in [-0.2, -0.15) is 0 Å². The van der Waals surface area contributed by atoms with Gasteiger partial charge in [-0.25, -0.2) is 0 Å². The Kier molecular flexibility index (Phi) is 3.60. The first-order chi connectivity index (χ1) is 8.22. The summed E-state index contributed by atoms with van der Waals surface area (Å²) >= 11 is 0. The van der Waals surface area contributed by atoms with E-state index in [4.69, 9.17) is 4.74 Å². The third-order valence-corrected chi connectivity index (χ3v) is 3.00. The fourth-order valence-electron chi connectivity index (χ4n) is 2.14. The average Bonchev–Trinajstić information content (AvgIpc) is 2.32. The molecule has 0 unspecified atom stereocenters. The molecular formula is C16H18O. The van der Waals surface area contributed by atoms with Crippen molar-refractivity contribution in [3.05, 3.63) is 59.2 Å². The van der Waals surface area contributed by atoms with Gasteiger partial charge < -0.3 is 4.74 Å². The summed E-state index contributed by atoms with van der Waals surface area (Å²) < 4.78 is 5.27. The second-order valence-corrected chi connectivity index (χ2v) is 4.41. The Morgan fingerprint density at radius 2 is 1.65 bits per heavy atom. The second kappa shape index (κ2) is 5.15. The number of aryl methyl sites for hydroxylation is 2. The Morgan fingerprint density at radius 1 is 0.941 bits per heavy atom. The van der Waals surface area contributed by atoms with Crippen LogP contribution in [0.5, 0.6) is 0 Å². The molecule has 0 aliphatic rings. The molecule has 0 amide bonds. The minimum Gasteiger partial charge on any atom is -0.380 e. The molecule has 1 nitrogen and oxygen atoms in total. The van der Waals surface area contributed by atoms with Crippen LogP contribution in [0.4, 0.5) is 0 Å². The summed E-state index contributed by atoms with van der Waals surface area (Å²) in [6.45, 7) is 4.91. The van der Waals surface area contributed by atoms with Gasteiger partial charge in [0.05, 0.1) is 6.61 Å². The van der Waals surface area contributed by atoms with E-state index in [-0.39, 0.29) is 0 Å². The first-order valence-corrected chi connectivity index (χ1v) is 5.87. The third-order valence-electron chi connectivity index (χ3n) is 3.00. The van der Waals surface area contributed by atoms with Gasteiger partial charge in [0, 0.05) is 7.11 Å². The summed E-state index contributed by atoms with van der Waals surface area (Å²) in [7, 11) is 1.74. The van der Waals surface area contributed by atoms with Crippen LogP contribution in [0, 0.1) is 13.8 Å². The average molecular weight is 226 g/mol. The zero-order valence-corrected chi connectivity index (χ0v) is 10.7. The molecule has 2 aromatic carbocycles. The van der Waals surface area contributed by atoms with Gasteiger partial charge in [-0.05, 0) is 36.1 Å². The third kappa shape index (κ3) is 2.56. The van der Waals surface area contributed by atoms with E-state index in [1.807, 2.05) is 0 Å². The van der Waals surface area contributed by atoms with Crippen LogP contribution in [0.2, 0.25) is 0 Å². The number of rotatable bonds is 3. The molecule has 2 rings (SSSR count). The first kappa shape index (κ1) is 11.9. The van der Waals surface area contributed by atoms with Gasteiger partial charge in [-0.3, -0.25) is 0 Å². The minimum atomic E-state index is 0.658. The Morgan fingerprint density at radius 3 is 2.29 bits per heavy atom. The SMILES string of the molecule is COCc1cccc(C)c1-c1ccc(C)cc1. The van der Waals surface area contributed by atoms with Crippen molar-refractivity contribution in [1.82, 2.24) is 0 Å². The minimum absolute atomic E-state index is 0.658. The van der Waals surface area contributed by atoms with Crippen LogP contribution in [0.3, 0.4) is 0 Å². The molecule has 0 atom stereocenters. The van der Waals surface area contributed by atoms with E-state index in [1.54, 1.807) is 7.11 Å². The molecule has 0 saturated carbocycles. The molecule has 0 aliphatic heterocycles. The summed E-state index contributed by atoms with van der Waals surface area (Å²) in [5, 5.41) is 0. The quantitative estimate of drug-likeness (QED) is 0.765. The maximum Gasteiger partial charge on any atom is 0.0719 e. The predicted molar refractivity (Wildman–Crippen MR) is 72.1 cm³/mol. The van der Waals surface area contributed by atoms with Crippen molar-refractivity contribution < 1.29 is 4.74 Å². The Balaban J connectivity index is 2.53. The number of methoxy groups -OCH3 is 1. The summed E-state index contributed by atoms with van der Waals surface area (Å²) in [6, 6.07) is 15.0. The maximum atomic E-state index is 5.27. The van der Waals surface area contributed by atoms with E-state index in [1.165, 1.54) is 27.8 Å². The van der Waals surface area contributed by atoms with E-state index in [0.717, 1.165) is 0 Å². The van der Waals surface area contributed by atoms with E-state index in [2.05, 4.69) is 56.3 Å². The molecule has 17 heavy (non-hydrogen) atoms. The molecule has 88 valence electrons. The lowest BCUT2D eigenvalue weighted by atomic mass is 9.95. The predicted octanol–water partition coefficient (Wildman–Crippen LogP) is 4.12. The highest BCUT2D eigenvalue weighted by atomic mass is 16.5. The van der Waals surface area contributed by atoms with E-state index in [9.17, 15) is 0 Å². The fraction of sp³-hybridized carbons (Fsp3) is 0.250. The molecule has 0 fully saturated rings. The van der Waals surface area contributed by atoms with Crippen LogP contribution in [0.15, 0.2) is 42.5 Å². The topological polar surface area (TPSA) is 9.23 Å². The van der Waals surface area contributed by atoms with Gasteiger partial charge in [0.25, 0.3) is 0 Å². The monoisotopic (exact) mass is 226 g/mol. The van der Waals surface area contributed by atoms with E-state index >= 15 is 0 Å². The van der Waals surface area contributed by atoms with Crippen molar-refractivity contribution >= 4 is 0 Å². The highest BCUT2D eigenvalue weighted by molar-refractivity contribution is 5.71.